The maximum absolute atomic E-state index is 12.8. The molecule has 0 spiro atoms. The average molecular weight is 361 g/mol. The van der Waals surface area contributed by atoms with Crippen LogP contribution in [0, 0.1) is 6.92 Å². The van der Waals surface area contributed by atoms with E-state index in [0.717, 1.165) is 11.3 Å². The van der Waals surface area contributed by atoms with Crippen molar-refractivity contribution in [3.8, 4) is 17.2 Å². The van der Waals surface area contributed by atoms with E-state index in [-0.39, 0.29) is 12.4 Å². The molecule has 0 bridgehead atoms. The zero-order valence-electron chi connectivity index (χ0n) is 14.9. The van der Waals surface area contributed by atoms with E-state index >= 15 is 0 Å². The van der Waals surface area contributed by atoms with Crippen LogP contribution in [-0.2, 0) is 6.61 Å². The molecule has 1 aliphatic heterocycles. The number of ether oxygens (including phenoxy) is 3. The van der Waals surface area contributed by atoms with Crippen LogP contribution in [0.5, 0.6) is 17.2 Å². The summed E-state index contributed by atoms with van der Waals surface area (Å²) >= 11 is 0. The van der Waals surface area contributed by atoms with Crippen molar-refractivity contribution < 1.29 is 19.0 Å². The van der Waals surface area contributed by atoms with Gasteiger partial charge in [0.15, 0.2) is 6.10 Å². The zero-order valence-corrected chi connectivity index (χ0v) is 14.9. The van der Waals surface area contributed by atoms with Gasteiger partial charge in [-0.05, 0) is 42.8 Å². The van der Waals surface area contributed by atoms with Gasteiger partial charge in [-0.25, -0.2) is 0 Å². The van der Waals surface area contributed by atoms with Crippen LogP contribution in [0.4, 0.5) is 0 Å². The second-order valence-electron chi connectivity index (χ2n) is 6.35. The van der Waals surface area contributed by atoms with Crippen LogP contribution in [0.15, 0.2) is 66.9 Å². The molecule has 5 nitrogen and oxygen atoms in total. The van der Waals surface area contributed by atoms with E-state index in [9.17, 15) is 4.79 Å². The fourth-order valence-corrected chi connectivity index (χ4v) is 2.85. The van der Waals surface area contributed by atoms with Gasteiger partial charge in [-0.1, -0.05) is 30.3 Å². The largest absolute Gasteiger partial charge is 0.489 e. The summed E-state index contributed by atoms with van der Waals surface area (Å²) in [6, 6.07) is 18.8. The molecule has 136 valence electrons. The van der Waals surface area contributed by atoms with Crippen molar-refractivity contribution in [3.05, 3.63) is 83.7 Å². The molecule has 5 heteroatoms. The zero-order chi connectivity index (χ0) is 18.6. The Morgan fingerprint density at radius 3 is 2.67 bits per heavy atom. The van der Waals surface area contributed by atoms with Crippen molar-refractivity contribution in [2.75, 3.05) is 6.61 Å². The molecule has 3 aromatic rings. The van der Waals surface area contributed by atoms with Gasteiger partial charge in [0.1, 0.15) is 30.5 Å². The van der Waals surface area contributed by atoms with E-state index in [2.05, 4.69) is 4.98 Å². The van der Waals surface area contributed by atoms with Crippen molar-refractivity contribution in [2.24, 2.45) is 0 Å². The lowest BCUT2D eigenvalue weighted by Gasteiger charge is -2.25. The maximum Gasteiger partial charge on any atom is 0.210 e. The number of benzene rings is 2. The Hall–Kier alpha value is -3.34. The summed E-state index contributed by atoms with van der Waals surface area (Å²) < 4.78 is 17.3. The molecule has 0 fully saturated rings. The summed E-state index contributed by atoms with van der Waals surface area (Å²) in [5.74, 6) is 1.59. The molecule has 0 aliphatic carbocycles. The molecule has 4 rings (SSSR count). The summed E-state index contributed by atoms with van der Waals surface area (Å²) in [6.07, 6.45) is 0.906. The first-order chi connectivity index (χ1) is 13.2. The number of hydrogen-bond donors (Lipinski definition) is 0. The summed E-state index contributed by atoms with van der Waals surface area (Å²) in [6.45, 7) is 2.50. The van der Waals surface area contributed by atoms with E-state index in [0.29, 0.717) is 29.4 Å². The van der Waals surface area contributed by atoms with E-state index in [4.69, 9.17) is 14.2 Å². The summed E-state index contributed by atoms with van der Waals surface area (Å²) in [7, 11) is 0. The number of pyridine rings is 1. The van der Waals surface area contributed by atoms with Crippen LogP contribution in [0.3, 0.4) is 0 Å². The molecule has 27 heavy (non-hydrogen) atoms. The highest BCUT2D eigenvalue weighted by Crippen LogP contribution is 2.30. The van der Waals surface area contributed by atoms with Crippen LogP contribution in [0.2, 0.25) is 0 Å². The Morgan fingerprint density at radius 2 is 1.89 bits per heavy atom. The highest BCUT2D eigenvalue weighted by atomic mass is 16.5. The predicted molar refractivity (Wildman–Crippen MR) is 100 cm³/mol. The average Bonchev–Trinajstić information content (AvgIpc) is 2.71. The van der Waals surface area contributed by atoms with Gasteiger partial charge < -0.3 is 14.2 Å². The Bertz CT molecular complexity index is 938. The van der Waals surface area contributed by atoms with Crippen LogP contribution >= 0.6 is 0 Å². The minimum atomic E-state index is -0.702. The third-order valence-corrected chi connectivity index (χ3v) is 4.31. The first-order valence-electron chi connectivity index (χ1n) is 8.76. The third-order valence-electron chi connectivity index (χ3n) is 4.31. The Labute approximate surface area is 157 Å². The van der Waals surface area contributed by atoms with Crippen LogP contribution < -0.4 is 14.2 Å². The number of aryl methyl sites for hydroxylation is 1. The Kier molecular flexibility index (Phi) is 4.75. The minimum Gasteiger partial charge on any atom is -0.489 e. The van der Waals surface area contributed by atoms with Crippen molar-refractivity contribution in [2.45, 2.75) is 19.6 Å². The van der Waals surface area contributed by atoms with Gasteiger partial charge in [0.2, 0.25) is 5.78 Å². The van der Waals surface area contributed by atoms with Gasteiger partial charge in [-0.2, -0.15) is 0 Å². The number of nitrogens with zero attached hydrogens (tertiary/aromatic N) is 1. The quantitative estimate of drug-likeness (QED) is 0.688. The fourth-order valence-electron chi connectivity index (χ4n) is 2.85. The summed E-state index contributed by atoms with van der Waals surface area (Å²) in [5, 5.41) is 0. The molecular formula is C22H19NO4. The molecule has 0 saturated heterocycles. The van der Waals surface area contributed by atoms with Crippen molar-refractivity contribution in [1.29, 1.82) is 0 Å². The number of Topliss-reactive ketones (excluding diaryl/α,β-unsaturated/α-hetero) is 1. The molecule has 0 N–H and O–H groups in total. The second kappa shape index (κ2) is 7.50. The van der Waals surface area contributed by atoms with Gasteiger partial charge in [0, 0.05) is 5.69 Å². The lowest BCUT2D eigenvalue weighted by atomic mass is 10.0. The number of hydrogen-bond acceptors (Lipinski definition) is 5. The molecular weight excluding hydrogens is 342 g/mol. The van der Waals surface area contributed by atoms with Gasteiger partial charge in [0.05, 0.1) is 11.8 Å². The van der Waals surface area contributed by atoms with Crippen molar-refractivity contribution >= 4 is 5.78 Å². The Balaban J connectivity index is 1.48. The monoisotopic (exact) mass is 361 g/mol. The number of carbonyl (C=O) groups is 1. The maximum atomic E-state index is 12.8. The molecule has 1 atom stereocenters. The number of rotatable bonds is 5. The number of carbonyl (C=O) groups excluding carboxylic acids is 1. The van der Waals surface area contributed by atoms with Gasteiger partial charge in [0.25, 0.3) is 0 Å². The summed E-state index contributed by atoms with van der Waals surface area (Å²) in [4.78, 5) is 17.0. The second-order valence-corrected chi connectivity index (χ2v) is 6.35. The molecule has 1 aromatic heterocycles. The summed E-state index contributed by atoms with van der Waals surface area (Å²) in [5.41, 5.74) is 2.42. The number of fused-ring (bicyclic) bond motifs is 1. The standard InChI is InChI=1S/C22H19NO4/c1-15-7-8-18(12-23-15)27-21-14-26-20-10-9-17(11-19(20)22(21)24)25-13-16-5-3-2-4-6-16/h2-12,21H,13-14H2,1H3. The van der Waals surface area contributed by atoms with Crippen LogP contribution in [-0.4, -0.2) is 23.5 Å². The normalized spacial score (nSPS) is 15.6. The molecule has 1 aliphatic rings. The molecule has 2 heterocycles. The number of aromatic nitrogens is 1. The topological polar surface area (TPSA) is 57.7 Å². The van der Waals surface area contributed by atoms with Crippen molar-refractivity contribution in [1.82, 2.24) is 4.98 Å². The highest BCUT2D eigenvalue weighted by molar-refractivity contribution is 6.03. The smallest absolute Gasteiger partial charge is 0.210 e. The molecule has 1 unspecified atom stereocenters. The van der Waals surface area contributed by atoms with Crippen LogP contribution in [0.1, 0.15) is 21.6 Å². The van der Waals surface area contributed by atoms with E-state index in [1.54, 1.807) is 30.5 Å². The lowest BCUT2D eigenvalue weighted by Crippen LogP contribution is -2.37. The molecule has 0 saturated carbocycles. The molecule has 2 aromatic carbocycles. The highest BCUT2D eigenvalue weighted by Gasteiger charge is 2.31. The molecule has 0 amide bonds. The van der Waals surface area contributed by atoms with Crippen molar-refractivity contribution in [3.63, 3.8) is 0 Å². The SMILES string of the molecule is Cc1ccc(OC2COc3ccc(OCc4ccccc4)cc3C2=O)cn1. The van der Waals surface area contributed by atoms with Gasteiger partial charge in [-0.3, -0.25) is 9.78 Å². The molecule has 0 radical (unpaired) electrons. The van der Waals surface area contributed by atoms with Crippen LogP contribution in [0.25, 0.3) is 0 Å². The number of ketones is 1. The fraction of sp³-hybridized carbons (Fsp3) is 0.182. The van der Waals surface area contributed by atoms with E-state index < -0.39 is 6.10 Å². The first-order valence-corrected chi connectivity index (χ1v) is 8.76. The lowest BCUT2D eigenvalue weighted by molar-refractivity contribution is 0.0626. The van der Waals surface area contributed by atoms with E-state index in [1.807, 2.05) is 43.3 Å². The first kappa shape index (κ1) is 17.1. The minimum absolute atomic E-state index is 0.123. The van der Waals surface area contributed by atoms with Gasteiger partial charge in [-0.15, -0.1) is 0 Å². The van der Waals surface area contributed by atoms with Gasteiger partial charge >= 0.3 is 0 Å². The van der Waals surface area contributed by atoms with E-state index in [1.165, 1.54) is 0 Å². The predicted octanol–water partition coefficient (Wildman–Crippen LogP) is 3.99. The third kappa shape index (κ3) is 3.92. The Morgan fingerprint density at radius 1 is 1.07 bits per heavy atom.